The average Bonchev–Trinajstić information content (AvgIpc) is 3.20. The monoisotopic (exact) mass is 324 g/mol. The molecule has 23 heavy (non-hydrogen) atoms. The Labute approximate surface area is 139 Å². The Balaban J connectivity index is 1.94. The van der Waals surface area contributed by atoms with Crippen LogP contribution in [0.5, 0.6) is 0 Å². The van der Waals surface area contributed by atoms with Gasteiger partial charge >= 0.3 is 0 Å². The highest BCUT2D eigenvalue weighted by Crippen LogP contribution is 2.41. The molecule has 0 aliphatic carbocycles. The number of rotatable bonds is 1. The van der Waals surface area contributed by atoms with E-state index in [2.05, 4.69) is 30.1 Å². The molecular weight excluding hydrogens is 308 g/mol. The normalized spacial score (nSPS) is 19.5. The van der Waals surface area contributed by atoms with E-state index in [1.54, 1.807) is 0 Å². The maximum absolute atomic E-state index is 6.25. The molecular formula is C19H17ClN2O. The van der Waals surface area contributed by atoms with Gasteiger partial charge in [-0.15, -0.1) is 0 Å². The van der Waals surface area contributed by atoms with Crippen LogP contribution < -0.4 is 0 Å². The van der Waals surface area contributed by atoms with Crippen LogP contribution in [0.25, 0.3) is 27.4 Å². The second kappa shape index (κ2) is 4.76. The molecule has 0 radical (unpaired) electrons. The van der Waals surface area contributed by atoms with E-state index in [1.807, 2.05) is 28.8 Å². The van der Waals surface area contributed by atoms with Gasteiger partial charge in [-0.3, -0.25) is 0 Å². The summed E-state index contributed by atoms with van der Waals surface area (Å²) in [6.07, 6.45) is 1.19. The van der Waals surface area contributed by atoms with Crippen LogP contribution in [0.4, 0.5) is 0 Å². The van der Waals surface area contributed by atoms with Gasteiger partial charge in [-0.05, 0) is 49.8 Å². The largest absolute Gasteiger partial charge is 0.374 e. The van der Waals surface area contributed by atoms with E-state index in [0.29, 0.717) is 5.92 Å². The molecule has 0 amide bonds. The number of aromatic nitrogens is 1. The molecule has 0 N–H and O–H groups in total. The lowest BCUT2D eigenvalue weighted by molar-refractivity contribution is 0.411. The first kappa shape index (κ1) is 13.5. The van der Waals surface area contributed by atoms with E-state index in [9.17, 15) is 0 Å². The van der Waals surface area contributed by atoms with Gasteiger partial charge in [0.2, 0.25) is 0 Å². The molecule has 0 spiro atoms. The van der Waals surface area contributed by atoms with Gasteiger partial charge in [0.05, 0.1) is 11.0 Å². The minimum atomic E-state index is 0.537. The Morgan fingerprint density at radius 3 is 2.83 bits per heavy atom. The summed E-state index contributed by atoms with van der Waals surface area (Å²) in [5, 5.41) is 3.19. The molecule has 2 aromatic carbocycles. The Morgan fingerprint density at radius 1 is 1.13 bits per heavy atom. The minimum absolute atomic E-state index is 0.537. The molecule has 4 aromatic rings. The van der Waals surface area contributed by atoms with Crippen molar-refractivity contribution in [2.24, 2.45) is 0 Å². The lowest BCUT2D eigenvalue weighted by Crippen LogP contribution is -2.13. The number of likely N-dealkylation sites (N-methyl/N-ethyl adjacent to an activating group) is 1. The Hall–Kier alpha value is -1.97. The fourth-order valence-corrected chi connectivity index (χ4v) is 4.20. The molecule has 4 heteroatoms. The number of likely N-dealkylation sites (tertiary alicyclic amines) is 1. The van der Waals surface area contributed by atoms with Crippen molar-refractivity contribution in [1.29, 1.82) is 0 Å². The average molecular weight is 325 g/mol. The van der Waals surface area contributed by atoms with Crippen molar-refractivity contribution in [1.82, 2.24) is 9.47 Å². The summed E-state index contributed by atoms with van der Waals surface area (Å²) in [4.78, 5) is 2.40. The lowest BCUT2D eigenvalue weighted by Gasteiger charge is -2.10. The zero-order valence-corrected chi connectivity index (χ0v) is 13.7. The van der Waals surface area contributed by atoms with E-state index in [0.717, 1.165) is 29.2 Å². The molecule has 3 heterocycles. The highest BCUT2D eigenvalue weighted by molar-refractivity contribution is 6.31. The number of nitrogens with zero attached hydrogens (tertiary/aromatic N) is 2. The van der Waals surface area contributed by atoms with E-state index in [4.69, 9.17) is 16.1 Å². The van der Waals surface area contributed by atoms with Crippen LogP contribution in [0, 0.1) is 0 Å². The fourth-order valence-electron chi connectivity index (χ4n) is 4.03. The first-order valence-corrected chi connectivity index (χ1v) is 8.40. The van der Waals surface area contributed by atoms with E-state index in [1.165, 1.54) is 28.3 Å². The molecule has 5 rings (SSSR count). The molecule has 0 saturated carbocycles. The molecule has 3 nitrogen and oxygen atoms in total. The summed E-state index contributed by atoms with van der Waals surface area (Å²) >= 11 is 6.25. The number of benzene rings is 2. The van der Waals surface area contributed by atoms with E-state index in [-0.39, 0.29) is 0 Å². The van der Waals surface area contributed by atoms with Gasteiger partial charge in [0.15, 0.2) is 5.58 Å². The summed E-state index contributed by atoms with van der Waals surface area (Å²) in [7, 11) is 2.19. The number of hydrogen-bond donors (Lipinski definition) is 0. The molecule has 1 atom stereocenters. The van der Waals surface area contributed by atoms with Gasteiger partial charge in [-0.2, -0.15) is 4.57 Å². The van der Waals surface area contributed by atoms with Crippen LogP contribution >= 0.6 is 11.6 Å². The fraction of sp³-hybridized carbons (Fsp3) is 0.263. The zero-order chi connectivity index (χ0) is 15.6. The van der Waals surface area contributed by atoms with Crippen molar-refractivity contribution in [3.05, 3.63) is 53.1 Å². The third kappa shape index (κ3) is 1.87. The predicted molar refractivity (Wildman–Crippen MR) is 94.5 cm³/mol. The topological polar surface area (TPSA) is 20.8 Å². The Kier molecular flexibility index (Phi) is 2.79. The first-order chi connectivity index (χ1) is 11.2. The molecule has 2 aromatic heterocycles. The minimum Gasteiger partial charge on any atom is -0.374 e. The molecule has 1 aliphatic heterocycles. The number of halogens is 1. The number of para-hydroxylation sites is 1. The van der Waals surface area contributed by atoms with Gasteiger partial charge in [0, 0.05) is 28.3 Å². The number of fused-ring (bicyclic) bond motifs is 5. The second-order valence-corrected chi connectivity index (χ2v) is 6.99. The van der Waals surface area contributed by atoms with Crippen LogP contribution in [0.1, 0.15) is 17.9 Å². The van der Waals surface area contributed by atoms with Crippen molar-refractivity contribution in [2.45, 2.75) is 12.3 Å². The van der Waals surface area contributed by atoms with Gasteiger partial charge in [0.25, 0.3) is 0 Å². The smallest absolute Gasteiger partial charge is 0.165 e. The Bertz CT molecular complexity index is 1050. The van der Waals surface area contributed by atoms with E-state index >= 15 is 0 Å². The molecule has 1 unspecified atom stereocenters. The second-order valence-electron chi connectivity index (χ2n) is 6.55. The van der Waals surface area contributed by atoms with Crippen LogP contribution in [-0.4, -0.2) is 29.6 Å². The summed E-state index contributed by atoms with van der Waals surface area (Å²) < 4.78 is 8.10. The van der Waals surface area contributed by atoms with Crippen molar-refractivity contribution in [3.8, 4) is 0 Å². The van der Waals surface area contributed by atoms with Crippen LogP contribution in [0.3, 0.4) is 0 Å². The van der Waals surface area contributed by atoms with Crippen LogP contribution in [0.15, 0.2) is 47.0 Å². The number of hydrogen-bond acceptors (Lipinski definition) is 2. The maximum atomic E-state index is 6.25. The van der Waals surface area contributed by atoms with Gasteiger partial charge < -0.3 is 9.42 Å². The standard InChI is InChI=1S/C19H17ClN2O/c1-21-9-8-12(11-21)18-14-7-6-13(20)10-16(14)22-19(18)15-4-2-3-5-17(15)23-22/h2-7,10,12H,8-9,11H2,1H3. The van der Waals surface area contributed by atoms with Crippen molar-refractivity contribution >= 4 is 39.0 Å². The van der Waals surface area contributed by atoms with Crippen LogP contribution in [-0.2, 0) is 0 Å². The molecule has 1 fully saturated rings. The third-order valence-electron chi connectivity index (χ3n) is 5.06. The highest BCUT2D eigenvalue weighted by atomic mass is 35.5. The highest BCUT2D eigenvalue weighted by Gasteiger charge is 2.28. The van der Waals surface area contributed by atoms with Gasteiger partial charge in [-0.25, -0.2) is 0 Å². The third-order valence-corrected chi connectivity index (χ3v) is 5.29. The van der Waals surface area contributed by atoms with Gasteiger partial charge in [0.1, 0.15) is 0 Å². The van der Waals surface area contributed by atoms with Gasteiger partial charge in [-0.1, -0.05) is 29.8 Å². The summed E-state index contributed by atoms with van der Waals surface area (Å²) in [6.45, 7) is 2.24. The predicted octanol–water partition coefficient (Wildman–Crippen LogP) is 4.91. The molecule has 1 saturated heterocycles. The van der Waals surface area contributed by atoms with E-state index < -0.39 is 0 Å². The summed E-state index contributed by atoms with van der Waals surface area (Å²) in [6, 6.07) is 14.4. The van der Waals surface area contributed by atoms with Crippen LogP contribution in [0.2, 0.25) is 5.02 Å². The zero-order valence-electron chi connectivity index (χ0n) is 12.9. The SMILES string of the molecule is CN1CCC(c2c3ccc(Cl)cc3n3oc4ccccc4c23)C1. The molecule has 1 aliphatic rings. The molecule has 116 valence electrons. The lowest BCUT2D eigenvalue weighted by atomic mass is 9.95. The summed E-state index contributed by atoms with van der Waals surface area (Å²) in [5.74, 6) is 0.537. The maximum Gasteiger partial charge on any atom is 0.165 e. The van der Waals surface area contributed by atoms with Crippen molar-refractivity contribution in [3.63, 3.8) is 0 Å². The van der Waals surface area contributed by atoms with Crippen molar-refractivity contribution < 1.29 is 4.52 Å². The summed E-state index contributed by atoms with van der Waals surface area (Å²) in [5.41, 5.74) is 4.61. The Morgan fingerprint density at radius 2 is 2.00 bits per heavy atom. The molecule has 0 bridgehead atoms. The first-order valence-electron chi connectivity index (χ1n) is 8.02. The quantitative estimate of drug-likeness (QED) is 0.496. The van der Waals surface area contributed by atoms with Crippen molar-refractivity contribution in [2.75, 3.05) is 20.1 Å².